The minimum Gasteiger partial charge on any atom is -0.496 e. The zero-order valence-electron chi connectivity index (χ0n) is 19.5. The van der Waals surface area contributed by atoms with Crippen molar-refractivity contribution in [3.8, 4) is 22.8 Å². The molecule has 0 aliphatic carbocycles. The molecular weight excluding hydrogens is 480 g/mol. The van der Waals surface area contributed by atoms with Gasteiger partial charge in [-0.25, -0.2) is 0 Å². The summed E-state index contributed by atoms with van der Waals surface area (Å²) in [7, 11) is 3.08. The highest BCUT2D eigenvalue weighted by Crippen LogP contribution is 2.46. The van der Waals surface area contributed by atoms with Crippen LogP contribution in [-0.4, -0.2) is 29.2 Å². The Kier molecular flexibility index (Phi) is 6.26. The summed E-state index contributed by atoms with van der Waals surface area (Å²) >= 11 is 5.77. The van der Waals surface area contributed by atoms with E-state index >= 15 is 0 Å². The lowest BCUT2D eigenvalue weighted by molar-refractivity contribution is -0.384. The number of nitro benzene ring substituents is 1. The van der Waals surface area contributed by atoms with Crippen LogP contribution in [0.25, 0.3) is 11.3 Å². The maximum atomic E-state index is 11.2. The normalized spacial score (nSPS) is 17.1. The van der Waals surface area contributed by atoms with Crippen LogP contribution < -0.4 is 19.7 Å². The number of benzene rings is 2. The van der Waals surface area contributed by atoms with Gasteiger partial charge in [0, 0.05) is 12.3 Å². The van der Waals surface area contributed by atoms with Crippen LogP contribution in [0.3, 0.4) is 0 Å². The Balaban J connectivity index is 1.62. The Bertz CT molecular complexity index is 1420. The molecule has 9 nitrogen and oxygen atoms in total. The first kappa shape index (κ1) is 23.3. The smallest absolute Gasteiger partial charge is 0.273 e. The number of para-hydroxylation sites is 2. The van der Waals surface area contributed by atoms with Gasteiger partial charge in [-0.2, -0.15) is 0 Å². The quantitative estimate of drug-likeness (QED) is 0.201. The van der Waals surface area contributed by atoms with Gasteiger partial charge in [-0.15, -0.1) is 0 Å². The number of pyridine rings is 1. The predicted octanol–water partition coefficient (Wildman–Crippen LogP) is 5.44. The van der Waals surface area contributed by atoms with Gasteiger partial charge in [0.25, 0.3) is 5.69 Å². The maximum absolute atomic E-state index is 11.2. The largest absolute Gasteiger partial charge is 0.496 e. The van der Waals surface area contributed by atoms with E-state index in [1.54, 1.807) is 19.4 Å². The van der Waals surface area contributed by atoms with Crippen molar-refractivity contribution in [3.05, 3.63) is 101 Å². The Hall–Kier alpha value is -4.44. The van der Waals surface area contributed by atoms with E-state index < -0.39 is 4.92 Å². The van der Waals surface area contributed by atoms with Gasteiger partial charge in [-0.05, 0) is 54.7 Å². The highest BCUT2D eigenvalue weighted by atomic mass is 32.1. The van der Waals surface area contributed by atoms with Crippen molar-refractivity contribution in [1.82, 2.24) is 10.3 Å². The minimum atomic E-state index is -0.465. The average Bonchev–Trinajstić information content (AvgIpc) is 3.53. The van der Waals surface area contributed by atoms with Crippen LogP contribution in [0.1, 0.15) is 23.5 Å². The number of nitrogens with zero attached hydrogens (tertiary/aromatic N) is 3. The van der Waals surface area contributed by atoms with Crippen LogP contribution in [0.15, 0.2) is 83.4 Å². The molecule has 0 bridgehead atoms. The zero-order chi connectivity index (χ0) is 25.2. The lowest BCUT2D eigenvalue weighted by Crippen LogP contribution is -2.29. The molecule has 2 atom stereocenters. The van der Waals surface area contributed by atoms with E-state index in [-0.39, 0.29) is 17.8 Å². The number of hydrogen-bond donors (Lipinski definition) is 1. The number of furan rings is 1. The molecule has 2 unspecified atom stereocenters. The summed E-state index contributed by atoms with van der Waals surface area (Å²) < 4.78 is 17.4. The Morgan fingerprint density at radius 2 is 1.81 bits per heavy atom. The molecule has 1 aliphatic heterocycles. The van der Waals surface area contributed by atoms with Gasteiger partial charge < -0.3 is 24.1 Å². The summed E-state index contributed by atoms with van der Waals surface area (Å²) in [5, 5.41) is 15.1. The fraction of sp³-hybridized carbons (Fsp3) is 0.154. The van der Waals surface area contributed by atoms with Gasteiger partial charge >= 0.3 is 0 Å². The molecule has 0 amide bonds. The molecular formula is C26H22N4O5S. The zero-order valence-corrected chi connectivity index (χ0v) is 20.3. The first-order valence-corrected chi connectivity index (χ1v) is 11.5. The molecule has 0 saturated carbocycles. The Labute approximate surface area is 212 Å². The van der Waals surface area contributed by atoms with E-state index in [0.29, 0.717) is 33.7 Å². The lowest BCUT2D eigenvalue weighted by atomic mass is 10.0. The summed E-state index contributed by atoms with van der Waals surface area (Å²) in [6.07, 6.45) is 1.73. The van der Waals surface area contributed by atoms with E-state index in [0.717, 1.165) is 11.4 Å². The number of thiocarbonyl (C=S) groups is 1. The number of nitro groups is 1. The minimum absolute atomic E-state index is 0.0646. The molecule has 1 aliphatic rings. The SMILES string of the molecule is COc1cc([N+](=O)[O-])ccc1-c1ccc(C2C(c3ccccn3)NC(=S)N2c2ccccc2OC)o1. The first-order valence-electron chi connectivity index (χ1n) is 11.1. The number of aromatic nitrogens is 1. The van der Waals surface area contributed by atoms with E-state index in [4.69, 9.17) is 26.1 Å². The van der Waals surface area contributed by atoms with E-state index in [9.17, 15) is 10.1 Å². The average molecular weight is 503 g/mol. The number of non-ortho nitro benzene ring substituents is 1. The van der Waals surface area contributed by atoms with Crippen LogP contribution in [0, 0.1) is 10.1 Å². The molecule has 36 heavy (non-hydrogen) atoms. The summed E-state index contributed by atoms with van der Waals surface area (Å²) in [5.74, 6) is 2.14. The number of anilines is 1. The standard InChI is InChI=1S/C26H22N4O5S/c1-33-21-9-4-3-8-19(21)29-25(24(28-26(29)36)18-7-5-6-14-27-18)22-13-12-20(35-22)17-11-10-16(30(31)32)15-23(17)34-2/h3-15,24-25H,1-2H3,(H,28,36). The fourth-order valence-corrected chi connectivity index (χ4v) is 4.72. The monoisotopic (exact) mass is 502 g/mol. The summed E-state index contributed by atoms with van der Waals surface area (Å²) in [6.45, 7) is 0. The van der Waals surface area contributed by atoms with Crippen molar-refractivity contribution >= 4 is 28.7 Å². The van der Waals surface area contributed by atoms with Crippen LogP contribution in [0.5, 0.6) is 11.5 Å². The van der Waals surface area contributed by atoms with Crippen LogP contribution in [0.2, 0.25) is 0 Å². The summed E-state index contributed by atoms with van der Waals surface area (Å²) in [5.41, 5.74) is 2.12. The van der Waals surface area contributed by atoms with Gasteiger partial charge in [0.15, 0.2) is 5.11 Å². The number of nitrogens with one attached hydrogen (secondary N) is 1. The second kappa shape index (κ2) is 9.67. The van der Waals surface area contributed by atoms with Crippen molar-refractivity contribution in [2.45, 2.75) is 12.1 Å². The Morgan fingerprint density at radius 1 is 1.03 bits per heavy atom. The second-order valence-electron chi connectivity index (χ2n) is 8.01. The van der Waals surface area contributed by atoms with E-state index in [2.05, 4.69) is 10.3 Å². The van der Waals surface area contributed by atoms with E-state index in [1.807, 2.05) is 59.5 Å². The van der Waals surface area contributed by atoms with Gasteiger partial charge in [-0.3, -0.25) is 15.1 Å². The van der Waals surface area contributed by atoms with Gasteiger partial charge in [0.2, 0.25) is 0 Å². The molecule has 1 saturated heterocycles. The number of hydrogen-bond acceptors (Lipinski definition) is 7. The molecule has 3 heterocycles. The van der Waals surface area contributed by atoms with Crippen molar-refractivity contribution in [3.63, 3.8) is 0 Å². The fourth-order valence-electron chi connectivity index (χ4n) is 4.39. The number of methoxy groups -OCH3 is 2. The van der Waals surface area contributed by atoms with Gasteiger partial charge in [0.1, 0.15) is 29.1 Å². The molecule has 4 aromatic rings. The van der Waals surface area contributed by atoms with Crippen LogP contribution in [0.4, 0.5) is 11.4 Å². The number of ether oxygens (including phenoxy) is 2. The highest BCUT2D eigenvalue weighted by molar-refractivity contribution is 7.80. The number of rotatable bonds is 7. The molecule has 10 heteroatoms. The van der Waals surface area contributed by atoms with Crippen molar-refractivity contribution < 1.29 is 18.8 Å². The third-order valence-electron chi connectivity index (χ3n) is 6.02. The molecule has 1 N–H and O–H groups in total. The highest BCUT2D eigenvalue weighted by Gasteiger charge is 2.43. The molecule has 2 aromatic heterocycles. The molecule has 5 rings (SSSR count). The maximum Gasteiger partial charge on any atom is 0.273 e. The predicted molar refractivity (Wildman–Crippen MR) is 138 cm³/mol. The summed E-state index contributed by atoms with van der Waals surface area (Å²) in [6, 6.07) is 20.7. The molecule has 182 valence electrons. The first-order chi connectivity index (χ1) is 17.5. The Morgan fingerprint density at radius 3 is 2.53 bits per heavy atom. The molecule has 0 radical (unpaired) electrons. The van der Waals surface area contributed by atoms with Gasteiger partial charge in [0.05, 0.1) is 48.2 Å². The molecule has 2 aromatic carbocycles. The lowest BCUT2D eigenvalue weighted by Gasteiger charge is -2.27. The molecule has 0 spiro atoms. The third kappa shape index (κ3) is 4.11. The van der Waals surface area contributed by atoms with Crippen LogP contribution >= 0.6 is 12.2 Å². The van der Waals surface area contributed by atoms with Crippen molar-refractivity contribution in [1.29, 1.82) is 0 Å². The van der Waals surface area contributed by atoms with E-state index in [1.165, 1.54) is 19.2 Å². The third-order valence-corrected chi connectivity index (χ3v) is 6.34. The van der Waals surface area contributed by atoms with Crippen LogP contribution in [-0.2, 0) is 0 Å². The summed E-state index contributed by atoms with van der Waals surface area (Å²) in [4.78, 5) is 17.3. The van der Waals surface area contributed by atoms with Crippen molar-refractivity contribution in [2.75, 3.05) is 19.1 Å². The molecule has 1 fully saturated rings. The van der Waals surface area contributed by atoms with Gasteiger partial charge in [-0.1, -0.05) is 18.2 Å². The van der Waals surface area contributed by atoms with Crippen molar-refractivity contribution in [2.24, 2.45) is 0 Å². The topological polar surface area (TPSA) is 103 Å². The second-order valence-corrected chi connectivity index (χ2v) is 8.40.